The zero-order valence-electron chi connectivity index (χ0n) is 17.5. The highest BCUT2D eigenvalue weighted by atomic mass is 16.5. The average molecular weight is 396 g/mol. The Kier molecular flexibility index (Phi) is 6.42. The fourth-order valence-electron chi connectivity index (χ4n) is 3.95. The van der Waals surface area contributed by atoms with E-state index in [9.17, 15) is 9.59 Å². The Morgan fingerprint density at radius 3 is 2.45 bits per heavy atom. The molecule has 1 fully saturated rings. The maximum atomic E-state index is 12.9. The largest absolute Gasteiger partial charge is 0.497 e. The predicted octanol–water partition coefficient (Wildman–Crippen LogP) is 3.41. The van der Waals surface area contributed by atoms with Gasteiger partial charge in [0.05, 0.1) is 26.8 Å². The van der Waals surface area contributed by atoms with Crippen molar-refractivity contribution in [2.75, 3.05) is 27.3 Å². The molecule has 6 heteroatoms. The molecule has 0 spiro atoms. The summed E-state index contributed by atoms with van der Waals surface area (Å²) in [5.41, 5.74) is 3.57. The first-order chi connectivity index (χ1) is 13.9. The lowest BCUT2D eigenvalue weighted by molar-refractivity contribution is -0.131. The van der Waals surface area contributed by atoms with Crippen molar-refractivity contribution in [2.45, 2.75) is 32.7 Å². The van der Waals surface area contributed by atoms with Gasteiger partial charge in [0.25, 0.3) is 5.91 Å². The molecular weight excluding hydrogens is 368 g/mol. The van der Waals surface area contributed by atoms with E-state index in [2.05, 4.69) is 5.32 Å². The molecule has 0 aliphatic carbocycles. The lowest BCUT2D eigenvalue weighted by atomic mass is 10.0. The van der Waals surface area contributed by atoms with E-state index in [1.54, 1.807) is 14.2 Å². The summed E-state index contributed by atoms with van der Waals surface area (Å²) in [6.45, 7) is 4.54. The van der Waals surface area contributed by atoms with Crippen molar-refractivity contribution in [1.82, 2.24) is 10.2 Å². The van der Waals surface area contributed by atoms with E-state index in [0.717, 1.165) is 29.5 Å². The lowest BCUT2D eigenvalue weighted by Crippen LogP contribution is -2.40. The van der Waals surface area contributed by atoms with E-state index in [1.807, 2.05) is 55.1 Å². The molecule has 2 aromatic rings. The quantitative estimate of drug-likeness (QED) is 0.813. The third-order valence-corrected chi connectivity index (χ3v) is 5.26. The van der Waals surface area contributed by atoms with Gasteiger partial charge in [-0.3, -0.25) is 9.59 Å². The van der Waals surface area contributed by atoms with E-state index < -0.39 is 0 Å². The highest BCUT2D eigenvalue weighted by Gasteiger charge is 2.32. The molecule has 0 radical (unpaired) electrons. The SMILES string of the molecule is COc1ccc([C@H]2CCCN2C(=O)CNC(=O)c2cc(C)cc(C)c2)c(OC)c1. The Labute approximate surface area is 171 Å². The fourth-order valence-corrected chi connectivity index (χ4v) is 3.95. The van der Waals surface area contributed by atoms with E-state index in [0.29, 0.717) is 23.6 Å². The molecule has 1 aliphatic rings. The Morgan fingerprint density at radius 2 is 1.79 bits per heavy atom. The number of aryl methyl sites for hydroxylation is 2. The van der Waals surface area contributed by atoms with Gasteiger partial charge in [0, 0.05) is 23.7 Å². The normalized spacial score (nSPS) is 15.9. The number of amides is 2. The monoisotopic (exact) mass is 396 g/mol. The summed E-state index contributed by atoms with van der Waals surface area (Å²) in [6, 6.07) is 11.3. The zero-order valence-corrected chi connectivity index (χ0v) is 17.5. The van der Waals surface area contributed by atoms with Crippen LogP contribution in [0.15, 0.2) is 36.4 Å². The topological polar surface area (TPSA) is 67.9 Å². The fraction of sp³-hybridized carbons (Fsp3) is 0.391. The van der Waals surface area contributed by atoms with Crippen LogP contribution >= 0.6 is 0 Å². The Hall–Kier alpha value is -3.02. The summed E-state index contributed by atoms with van der Waals surface area (Å²) in [4.78, 5) is 27.2. The lowest BCUT2D eigenvalue weighted by Gasteiger charge is -2.26. The predicted molar refractivity (Wildman–Crippen MR) is 111 cm³/mol. The van der Waals surface area contributed by atoms with Crippen molar-refractivity contribution in [3.05, 3.63) is 58.7 Å². The van der Waals surface area contributed by atoms with Gasteiger partial charge in [-0.1, -0.05) is 17.2 Å². The first kappa shape index (κ1) is 20.7. The van der Waals surface area contributed by atoms with Crippen molar-refractivity contribution in [3.63, 3.8) is 0 Å². The molecule has 2 amide bonds. The summed E-state index contributed by atoms with van der Waals surface area (Å²) in [7, 11) is 3.22. The minimum absolute atomic E-state index is 0.0270. The van der Waals surface area contributed by atoms with Gasteiger partial charge in [-0.15, -0.1) is 0 Å². The van der Waals surface area contributed by atoms with E-state index in [-0.39, 0.29) is 24.4 Å². The molecule has 1 N–H and O–H groups in total. The van der Waals surface area contributed by atoms with Crippen LogP contribution in [0, 0.1) is 13.8 Å². The molecule has 0 bridgehead atoms. The molecule has 29 heavy (non-hydrogen) atoms. The summed E-state index contributed by atoms with van der Waals surface area (Å²) in [5.74, 6) is 1.08. The maximum absolute atomic E-state index is 12.9. The first-order valence-corrected chi connectivity index (χ1v) is 9.81. The van der Waals surface area contributed by atoms with Gasteiger partial charge < -0.3 is 19.7 Å². The third kappa shape index (κ3) is 4.70. The first-order valence-electron chi connectivity index (χ1n) is 9.81. The summed E-state index contributed by atoms with van der Waals surface area (Å²) in [5, 5.41) is 2.77. The van der Waals surface area contributed by atoms with E-state index in [1.165, 1.54) is 0 Å². The van der Waals surface area contributed by atoms with Gasteiger partial charge in [-0.2, -0.15) is 0 Å². The van der Waals surface area contributed by atoms with E-state index >= 15 is 0 Å². The molecule has 0 saturated carbocycles. The maximum Gasteiger partial charge on any atom is 0.251 e. The number of likely N-dealkylation sites (tertiary alicyclic amines) is 1. The molecular formula is C23H28N2O4. The van der Waals surface area contributed by atoms with Crippen molar-refractivity contribution < 1.29 is 19.1 Å². The molecule has 1 saturated heterocycles. The second kappa shape index (κ2) is 8.99. The minimum Gasteiger partial charge on any atom is -0.497 e. The molecule has 6 nitrogen and oxygen atoms in total. The van der Waals surface area contributed by atoms with Crippen molar-refractivity contribution in [2.24, 2.45) is 0 Å². The van der Waals surface area contributed by atoms with Gasteiger partial charge in [0.15, 0.2) is 0 Å². The zero-order chi connectivity index (χ0) is 21.0. The standard InChI is InChI=1S/C23H28N2O4/c1-15-10-16(2)12-17(11-15)23(27)24-14-22(26)25-9-5-6-20(25)19-8-7-18(28-3)13-21(19)29-4/h7-8,10-13,20H,5-6,9,14H2,1-4H3,(H,24,27)/t20-/m1/s1. The molecule has 0 unspecified atom stereocenters. The van der Waals surface area contributed by atoms with Crippen LogP contribution in [-0.2, 0) is 4.79 Å². The number of nitrogens with zero attached hydrogens (tertiary/aromatic N) is 1. The van der Waals surface area contributed by atoms with Crippen LogP contribution in [-0.4, -0.2) is 44.0 Å². The molecule has 1 aliphatic heterocycles. The number of carbonyl (C=O) groups is 2. The second-order valence-corrected chi connectivity index (χ2v) is 7.41. The molecule has 0 aromatic heterocycles. The Morgan fingerprint density at radius 1 is 1.07 bits per heavy atom. The number of rotatable bonds is 6. The van der Waals surface area contributed by atoms with E-state index in [4.69, 9.17) is 9.47 Å². The average Bonchev–Trinajstić information content (AvgIpc) is 3.20. The molecule has 154 valence electrons. The number of carbonyl (C=O) groups excluding carboxylic acids is 2. The number of ether oxygens (including phenoxy) is 2. The van der Waals surface area contributed by atoms with Crippen LogP contribution in [0.1, 0.15) is 45.9 Å². The van der Waals surface area contributed by atoms with Crippen molar-refractivity contribution in [1.29, 1.82) is 0 Å². The van der Waals surface area contributed by atoms with Gasteiger partial charge in [-0.05, 0) is 51.0 Å². The number of methoxy groups -OCH3 is 2. The van der Waals surface area contributed by atoms with Crippen LogP contribution in [0.5, 0.6) is 11.5 Å². The number of hydrogen-bond donors (Lipinski definition) is 1. The third-order valence-electron chi connectivity index (χ3n) is 5.26. The summed E-state index contributed by atoms with van der Waals surface area (Å²) >= 11 is 0. The van der Waals surface area contributed by atoms with Gasteiger partial charge in [-0.25, -0.2) is 0 Å². The second-order valence-electron chi connectivity index (χ2n) is 7.41. The highest BCUT2D eigenvalue weighted by Crippen LogP contribution is 2.38. The van der Waals surface area contributed by atoms with Crippen LogP contribution in [0.3, 0.4) is 0 Å². The number of hydrogen-bond acceptors (Lipinski definition) is 4. The van der Waals surface area contributed by atoms with Gasteiger partial charge in [0.2, 0.25) is 5.91 Å². The molecule has 3 rings (SSSR count). The highest BCUT2D eigenvalue weighted by molar-refractivity contribution is 5.96. The number of nitrogens with one attached hydrogen (secondary N) is 1. The van der Waals surface area contributed by atoms with Crippen LogP contribution in [0.2, 0.25) is 0 Å². The van der Waals surface area contributed by atoms with Crippen molar-refractivity contribution in [3.8, 4) is 11.5 Å². The molecule has 2 aromatic carbocycles. The van der Waals surface area contributed by atoms with Crippen molar-refractivity contribution >= 4 is 11.8 Å². The van der Waals surface area contributed by atoms with Gasteiger partial charge in [0.1, 0.15) is 11.5 Å². The molecule has 1 atom stereocenters. The summed E-state index contributed by atoms with van der Waals surface area (Å²) < 4.78 is 10.8. The number of benzene rings is 2. The van der Waals surface area contributed by atoms with Crippen LogP contribution < -0.4 is 14.8 Å². The smallest absolute Gasteiger partial charge is 0.251 e. The Balaban J connectivity index is 1.69. The van der Waals surface area contributed by atoms with Crippen LogP contribution in [0.25, 0.3) is 0 Å². The minimum atomic E-state index is -0.233. The summed E-state index contributed by atoms with van der Waals surface area (Å²) in [6.07, 6.45) is 1.77. The molecule has 1 heterocycles. The van der Waals surface area contributed by atoms with Crippen LogP contribution in [0.4, 0.5) is 0 Å². The van der Waals surface area contributed by atoms with Gasteiger partial charge >= 0.3 is 0 Å². The Bertz CT molecular complexity index is 889.